The number of rotatable bonds is 8. The molecule has 2 amide bonds. The van der Waals surface area contributed by atoms with Gasteiger partial charge in [-0.05, 0) is 16.0 Å². The summed E-state index contributed by atoms with van der Waals surface area (Å²) < 4.78 is 1.45. The van der Waals surface area contributed by atoms with Gasteiger partial charge in [-0.15, -0.1) is 16.9 Å². The van der Waals surface area contributed by atoms with Crippen molar-refractivity contribution in [2.75, 3.05) is 11.5 Å². The lowest BCUT2D eigenvalue weighted by Gasteiger charge is -2.49. The molecule has 2 aliphatic heterocycles. The number of tetrazole rings is 1. The number of carbonyl (C=O) groups is 4. The number of nitrogens with zero attached hydrogens (tertiary/aromatic N) is 6. The molecule has 15 heteroatoms. The smallest absolute Gasteiger partial charge is 0.352 e. The van der Waals surface area contributed by atoms with E-state index in [1.54, 1.807) is 7.05 Å². The number of carbonyl (C=O) groups excluding carboxylic acids is 3. The number of thioether (sulfide) groups is 2. The summed E-state index contributed by atoms with van der Waals surface area (Å²) in [7, 11) is 1.65. The molecule has 0 radical (unpaired) electrons. The number of β-lactam (4-membered cyclic amide) rings is 1. The maximum absolute atomic E-state index is 12.6. The first-order valence-electron chi connectivity index (χ1n) is 8.61. The number of aryl methyl sites for hydroxylation is 1. The minimum atomic E-state index is -1.26. The number of fused-ring (bicyclic) bond motifs is 1. The third-order valence-corrected chi connectivity index (χ3v) is 6.83. The average molecular weight is 455 g/mol. The van der Waals surface area contributed by atoms with Crippen molar-refractivity contribution in [3.8, 4) is 0 Å². The quantitative estimate of drug-likeness (QED) is 0.108. The molecule has 0 saturated carbocycles. The first-order chi connectivity index (χ1) is 14.3. The second-order valence-electron chi connectivity index (χ2n) is 6.22. The van der Waals surface area contributed by atoms with Crippen LogP contribution in [0.25, 0.3) is 0 Å². The molecule has 13 nitrogen and oxygen atoms in total. The lowest BCUT2D eigenvalue weighted by Crippen LogP contribution is -2.71. The average Bonchev–Trinajstić information content (AvgIpc) is 3.14. The van der Waals surface area contributed by atoms with Crippen molar-refractivity contribution in [1.82, 2.24) is 30.4 Å². The Morgan fingerprint density at radius 2 is 2.13 bits per heavy atom. The van der Waals surface area contributed by atoms with Crippen LogP contribution in [-0.2, 0) is 26.2 Å². The van der Waals surface area contributed by atoms with E-state index >= 15 is 0 Å². The van der Waals surface area contributed by atoms with Gasteiger partial charge in [0, 0.05) is 25.0 Å². The maximum atomic E-state index is 12.6. The number of amides is 2. The lowest BCUT2D eigenvalue weighted by atomic mass is 10.0. The number of aliphatic carboxylic acids is 1. The van der Waals surface area contributed by atoms with Crippen LogP contribution in [-0.4, -0.2) is 87.6 Å². The fourth-order valence-electron chi connectivity index (χ4n) is 2.89. The number of hydrogen-bond acceptors (Lipinski definition) is 11. The topological polar surface area (TPSA) is 180 Å². The van der Waals surface area contributed by atoms with Gasteiger partial charge in [0.05, 0.1) is 0 Å². The molecular formula is C15H17N7O6S2. The van der Waals surface area contributed by atoms with Crippen LogP contribution in [0.2, 0.25) is 0 Å². The molecule has 1 aromatic heterocycles. The van der Waals surface area contributed by atoms with Crippen LogP contribution in [0.15, 0.2) is 21.6 Å². The molecule has 1 fully saturated rings. The van der Waals surface area contributed by atoms with Gasteiger partial charge in [-0.25, -0.2) is 9.48 Å². The summed E-state index contributed by atoms with van der Waals surface area (Å²) in [5.41, 5.74) is -0.320. The number of Topliss-reactive ketones (excluding diaryl/α,β-unsaturated/α-hetero) is 1. The highest BCUT2D eigenvalue weighted by Gasteiger charge is 2.54. The van der Waals surface area contributed by atoms with E-state index in [0.717, 1.165) is 4.90 Å². The number of carboxylic acid groups (broad SMARTS) is 1. The predicted octanol–water partition coefficient (Wildman–Crippen LogP) is -1.15. The summed E-state index contributed by atoms with van der Waals surface area (Å²) in [5, 5.41) is 34.5. The van der Waals surface area contributed by atoms with Crippen LogP contribution >= 0.6 is 23.5 Å². The van der Waals surface area contributed by atoms with Crippen molar-refractivity contribution in [2.24, 2.45) is 12.2 Å². The summed E-state index contributed by atoms with van der Waals surface area (Å²) >= 11 is 2.52. The van der Waals surface area contributed by atoms with Gasteiger partial charge in [0.1, 0.15) is 17.1 Å². The highest BCUT2D eigenvalue weighted by atomic mass is 32.2. The summed E-state index contributed by atoms with van der Waals surface area (Å²) in [5.74, 6) is -2.97. The van der Waals surface area contributed by atoms with Crippen molar-refractivity contribution in [3.63, 3.8) is 0 Å². The zero-order valence-corrected chi connectivity index (χ0v) is 17.4. The third-order valence-electron chi connectivity index (χ3n) is 4.39. The molecule has 2 atom stereocenters. The predicted molar refractivity (Wildman–Crippen MR) is 104 cm³/mol. The Hall–Kier alpha value is -2.94. The highest BCUT2D eigenvalue weighted by molar-refractivity contribution is 8.01. The zero-order valence-electron chi connectivity index (χ0n) is 15.8. The molecule has 2 aliphatic rings. The number of aromatic nitrogens is 4. The zero-order chi connectivity index (χ0) is 22.0. The van der Waals surface area contributed by atoms with Gasteiger partial charge >= 0.3 is 5.97 Å². The van der Waals surface area contributed by atoms with Gasteiger partial charge < -0.3 is 15.6 Å². The van der Waals surface area contributed by atoms with Gasteiger partial charge in [0.15, 0.2) is 5.78 Å². The molecule has 30 heavy (non-hydrogen) atoms. The van der Waals surface area contributed by atoms with Crippen LogP contribution in [0, 0.1) is 0 Å². The molecule has 0 aliphatic carbocycles. The molecule has 1 aromatic rings. The van der Waals surface area contributed by atoms with E-state index in [-0.39, 0.29) is 17.9 Å². The van der Waals surface area contributed by atoms with E-state index in [0.29, 0.717) is 16.5 Å². The molecule has 3 rings (SSSR count). The molecule has 3 N–H and O–H groups in total. The molecule has 160 valence electrons. The molecule has 0 spiro atoms. The first kappa shape index (κ1) is 21.8. The van der Waals surface area contributed by atoms with Crippen LogP contribution in [0.1, 0.15) is 13.3 Å². The van der Waals surface area contributed by atoms with Crippen LogP contribution in [0.5, 0.6) is 0 Å². The number of oxime groups is 1. The summed E-state index contributed by atoms with van der Waals surface area (Å²) in [4.78, 5) is 49.4. The number of hydrogen-bond donors (Lipinski definition) is 3. The molecule has 0 aromatic carbocycles. The summed E-state index contributed by atoms with van der Waals surface area (Å²) in [6, 6.07) is -1.03. The van der Waals surface area contributed by atoms with Gasteiger partial charge in [0.25, 0.3) is 11.8 Å². The Morgan fingerprint density at radius 3 is 2.70 bits per heavy atom. The Labute approximate surface area is 177 Å². The molecule has 1 saturated heterocycles. The van der Waals surface area contributed by atoms with Crippen molar-refractivity contribution in [1.29, 1.82) is 0 Å². The monoisotopic (exact) mass is 455 g/mol. The Morgan fingerprint density at radius 1 is 1.40 bits per heavy atom. The highest BCUT2D eigenvalue weighted by Crippen LogP contribution is 2.41. The number of carboxylic acids is 1. The van der Waals surface area contributed by atoms with Gasteiger partial charge in [-0.1, -0.05) is 23.8 Å². The van der Waals surface area contributed by atoms with Gasteiger partial charge in [0.2, 0.25) is 10.9 Å². The van der Waals surface area contributed by atoms with Gasteiger partial charge in [-0.2, -0.15) is 0 Å². The van der Waals surface area contributed by atoms with E-state index in [1.807, 2.05) is 0 Å². The Kier molecular flexibility index (Phi) is 6.40. The van der Waals surface area contributed by atoms with E-state index < -0.39 is 40.7 Å². The molecule has 0 bridgehead atoms. The second-order valence-corrected chi connectivity index (χ2v) is 8.26. The van der Waals surface area contributed by atoms with E-state index in [1.165, 1.54) is 35.1 Å². The first-order valence-corrected chi connectivity index (χ1v) is 10.6. The molecule has 3 heterocycles. The van der Waals surface area contributed by atoms with E-state index in [9.17, 15) is 24.3 Å². The van der Waals surface area contributed by atoms with Gasteiger partial charge in [-0.3, -0.25) is 19.3 Å². The SMILES string of the molecule is CCC(=O)C(=NO)C(=O)N[C@@H]1C(=O)N2C(C(=O)O)=C(CSc3nnnn3C)CS[C@@H]12. The van der Waals surface area contributed by atoms with E-state index in [2.05, 4.69) is 26.0 Å². The Bertz CT molecular complexity index is 974. The van der Waals surface area contributed by atoms with Crippen LogP contribution < -0.4 is 5.32 Å². The second kappa shape index (κ2) is 8.83. The molecule has 0 unspecified atom stereocenters. The Balaban J connectivity index is 1.75. The van der Waals surface area contributed by atoms with Crippen molar-refractivity contribution in [2.45, 2.75) is 29.9 Å². The van der Waals surface area contributed by atoms with Crippen LogP contribution in [0.3, 0.4) is 0 Å². The standard InChI is InChI=1S/C15H17N7O6S2/c1-3-7(23)8(18-28)11(24)16-9-12(25)22-10(14(26)27)6(4-29-13(9)22)5-30-15-17-19-20-21(15)2/h9,13,28H,3-5H2,1-2H3,(H,16,24)(H,26,27)/t9-,13+/m1/s1. The summed E-state index contributed by atoms with van der Waals surface area (Å²) in [6.45, 7) is 1.49. The number of ketones is 1. The lowest BCUT2D eigenvalue weighted by molar-refractivity contribution is -0.150. The fraction of sp³-hybridized carbons (Fsp3) is 0.467. The fourth-order valence-corrected chi connectivity index (χ4v) is 5.23. The van der Waals surface area contributed by atoms with Crippen molar-refractivity contribution >= 4 is 52.8 Å². The number of nitrogens with one attached hydrogen (secondary N) is 1. The maximum Gasteiger partial charge on any atom is 0.352 e. The van der Waals surface area contributed by atoms with Crippen molar-refractivity contribution < 1.29 is 29.5 Å². The minimum absolute atomic E-state index is 0.0519. The van der Waals surface area contributed by atoms with Crippen LogP contribution in [0.4, 0.5) is 0 Å². The molecular weight excluding hydrogens is 438 g/mol. The minimum Gasteiger partial charge on any atom is -0.477 e. The third kappa shape index (κ3) is 3.89. The largest absolute Gasteiger partial charge is 0.477 e. The van der Waals surface area contributed by atoms with Crippen molar-refractivity contribution in [3.05, 3.63) is 11.3 Å². The normalized spacial score (nSPS) is 21.2. The van der Waals surface area contributed by atoms with E-state index in [4.69, 9.17) is 5.21 Å². The summed E-state index contributed by atoms with van der Waals surface area (Å²) in [6.07, 6.45) is -0.0519.